The first-order valence-corrected chi connectivity index (χ1v) is 6.98. The third-order valence-electron chi connectivity index (χ3n) is 2.83. The minimum Gasteiger partial charge on any atom is -0.481 e. The van der Waals surface area contributed by atoms with Crippen LogP contribution in [0.25, 0.3) is 0 Å². The van der Waals surface area contributed by atoms with E-state index in [1.165, 1.54) is 11.3 Å². The van der Waals surface area contributed by atoms with Crippen LogP contribution in [0, 0.1) is 0 Å². The number of Topliss-reactive ketones (excluding diaryl/α,β-unsaturated/α-hetero) is 1. The number of thiophene rings is 1. The molecule has 100 valence electrons. The molecule has 0 aliphatic heterocycles. The van der Waals surface area contributed by atoms with Crippen molar-refractivity contribution in [3.8, 4) is 0 Å². The Balaban J connectivity index is 2.69. The number of hydrogen-bond donors (Lipinski definition) is 2. The summed E-state index contributed by atoms with van der Waals surface area (Å²) in [7, 11) is 0. The van der Waals surface area contributed by atoms with E-state index < -0.39 is 12.0 Å². The van der Waals surface area contributed by atoms with E-state index in [0.717, 1.165) is 6.42 Å². The molecule has 2 unspecified atom stereocenters. The summed E-state index contributed by atoms with van der Waals surface area (Å²) in [6.07, 6.45) is 1.24. The lowest BCUT2D eigenvalue weighted by atomic mass is 10.0. The summed E-state index contributed by atoms with van der Waals surface area (Å²) in [6, 6.07) is 3.40. The third-order valence-corrected chi connectivity index (χ3v) is 3.71. The monoisotopic (exact) mass is 269 g/mol. The predicted molar refractivity (Wildman–Crippen MR) is 72.2 cm³/mol. The highest BCUT2D eigenvalue weighted by Gasteiger charge is 2.22. The van der Waals surface area contributed by atoms with Crippen LogP contribution in [-0.2, 0) is 4.79 Å². The summed E-state index contributed by atoms with van der Waals surface area (Å²) < 4.78 is 0. The summed E-state index contributed by atoms with van der Waals surface area (Å²) in [5, 5.41) is 13.8. The number of carboxylic acid groups (broad SMARTS) is 1. The fourth-order valence-electron chi connectivity index (χ4n) is 1.61. The number of rotatable bonds is 8. The van der Waals surface area contributed by atoms with Crippen LogP contribution >= 0.6 is 11.3 Å². The summed E-state index contributed by atoms with van der Waals surface area (Å²) in [6.45, 7) is 4.02. The molecule has 0 saturated carbocycles. The van der Waals surface area contributed by atoms with Crippen LogP contribution in [0.5, 0.6) is 0 Å². The average Bonchev–Trinajstić information content (AvgIpc) is 2.86. The lowest BCUT2D eigenvalue weighted by Gasteiger charge is -2.20. The Morgan fingerprint density at radius 3 is 2.72 bits per heavy atom. The molecule has 0 bridgehead atoms. The predicted octanol–water partition coefficient (Wildman–Crippen LogP) is 2.55. The van der Waals surface area contributed by atoms with Crippen molar-refractivity contribution in [3.63, 3.8) is 0 Å². The van der Waals surface area contributed by atoms with Crippen molar-refractivity contribution >= 4 is 23.1 Å². The van der Waals surface area contributed by atoms with Crippen LogP contribution in [0.2, 0.25) is 0 Å². The fraction of sp³-hybridized carbons (Fsp3) is 0.538. The number of ketones is 1. The number of aliphatic carboxylic acids is 1. The molecule has 5 heteroatoms. The number of nitrogens with one attached hydrogen (secondary N) is 1. The summed E-state index contributed by atoms with van der Waals surface area (Å²) in [5.74, 6) is -0.878. The molecule has 2 N–H and O–H groups in total. The van der Waals surface area contributed by atoms with Crippen molar-refractivity contribution in [3.05, 3.63) is 22.4 Å². The van der Waals surface area contributed by atoms with Gasteiger partial charge in [-0.15, -0.1) is 11.3 Å². The topological polar surface area (TPSA) is 66.4 Å². The van der Waals surface area contributed by atoms with E-state index in [0.29, 0.717) is 11.3 Å². The van der Waals surface area contributed by atoms with Crippen molar-refractivity contribution in [1.29, 1.82) is 0 Å². The molecule has 0 spiro atoms. The average molecular weight is 269 g/mol. The van der Waals surface area contributed by atoms with Gasteiger partial charge in [0.1, 0.15) is 0 Å². The number of hydrogen-bond acceptors (Lipinski definition) is 4. The van der Waals surface area contributed by atoms with E-state index in [2.05, 4.69) is 5.32 Å². The molecular weight excluding hydrogens is 250 g/mol. The van der Waals surface area contributed by atoms with Crippen molar-refractivity contribution in [2.45, 2.75) is 45.2 Å². The maximum absolute atomic E-state index is 12.2. The van der Waals surface area contributed by atoms with Gasteiger partial charge in [0.2, 0.25) is 0 Å². The molecule has 1 aromatic rings. The van der Waals surface area contributed by atoms with Crippen LogP contribution in [0.1, 0.15) is 42.8 Å². The molecule has 2 atom stereocenters. The molecule has 1 heterocycles. The van der Waals surface area contributed by atoms with E-state index in [1.807, 2.05) is 25.3 Å². The number of carbonyl (C=O) groups is 2. The lowest BCUT2D eigenvalue weighted by Crippen LogP contribution is -2.42. The quantitative estimate of drug-likeness (QED) is 0.712. The minimum absolute atomic E-state index is 0.00517. The second kappa shape index (κ2) is 7.28. The Morgan fingerprint density at radius 2 is 2.22 bits per heavy atom. The van der Waals surface area contributed by atoms with Gasteiger partial charge in [-0.05, 0) is 31.2 Å². The van der Waals surface area contributed by atoms with Gasteiger partial charge >= 0.3 is 5.97 Å². The molecule has 18 heavy (non-hydrogen) atoms. The molecule has 0 amide bonds. The van der Waals surface area contributed by atoms with E-state index in [-0.39, 0.29) is 18.2 Å². The van der Waals surface area contributed by atoms with Gasteiger partial charge in [0.25, 0.3) is 0 Å². The third kappa shape index (κ3) is 4.58. The normalized spacial score (nSPS) is 14.1. The maximum atomic E-state index is 12.2. The number of carboxylic acids is 1. The van der Waals surface area contributed by atoms with E-state index in [1.54, 1.807) is 6.07 Å². The van der Waals surface area contributed by atoms with Crippen LogP contribution in [0.15, 0.2) is 17.5 Å². The largest absolute Gasteiger partial charge is 0.481 e. The molecule has 1 aromatic heterocycles. The van der Waals surface area contributed by atoms with E-state index >= 15 is 0 Å². The van der Waals surface area contributed by atoms with Gasteiger partial charge in [0, 0.05) is 12.5 Å². The molecule has 0 aliphatic carbocycles. The lowest BCUT2D eigenvalue weighted by molar-refractivity contribution is -0.137. The molecule has 4 nitrogen and oxygen atoms in total. The van der Waals surface area contributed by atoms with Gasteiger partial charge in [-0.25, -0.2) is 0 Å². The highest BCUT2D eigenvalue weighted by Crippen LogP contribution is 2.14. The van der Waals surface area contributed by atoms with Crippen molar-refractivity contribution < 1.29 is 14.7 Å². The highest BCUT2D eigenvalue weighted by molar-refractivity contribution is 7.12. The zero-order valence-corrected chi connectivity index (χ0v) is 11.5. The van der Waals surface area contributed by atoms with Crippen LogP contribution < -0.4 is 5.32 Å². The minimum atomic E-state index is -0.870. The first-order valence-electron chi connectivity index (χ1n) is 6.10. The van der Waals surface area contributed by atoms with Crippen molar-refractivity contribution in [1.82, 2.24) is 5.32 Å². The van der Waals surface area contributed by atoms with E-state index in [9.17, 15) is 9.59 Å². The van der Waals surface area contributed by atoms with Gasteiger partial charge in [0.15, 0.2) is 5.78 Å². The molecule has 1 rings (SSSR count). The van der Waals surface area contributed by atoms with Gasteiger partial charge in [-0.1, -0.05) is 13.0 Å². The van der Waals surface area contributed by atoms with Crippen molar-refractivity contribution in [2.24, 2.45) is 0 Å². The second-order valence-electron chi connectivity index (χ2n) is 4.30. The highest BCUT2D eigenvalue weighted by atomic mass is 32.1. The standard InChI is InChI=1S/C13H19NO3S/c1-3-9(2)14-10(6-7-12(15)16)13(17)11-5-4-8-18-11/h4-5,8-10,14H,3,6-7H2,1-2H3,(H,15,16). The smallest absolute Gasteiger partial charge is 0.303 e. The zero-order valence-electron chi connectivity index (χ0n) is 10.7. The molecule has 0 radical (unpaired) electrons. The van der Waals surface area contributed by atoms with Gasteiger partial charge in [-0.3, -0.25) is 9.59 Å². The van der Waals surface area contributed by atoms with Crippen LogP contribution in [0.4, 0.5) is 0 Å². The SMILES string of the molecule is CCC(C)NC(CCC(=O)O)C(=O)c1cccs1. The van der Waals surface area contributed by atoms with Gasteiger partial charge in [-0.2, -0.15) is 0 Å². The Kier molecular flexibility index (Phi) is 6.01. The second-order valence-corrected chi connectivity index (χ2v) is 5.25. The number of carbonyl (C=O) groups excluding carboxylic acids is 1. The Hall–Kier alpha value is -1.20. The Labute approximate surface area is 111 Å². The molecule has 0 aromatic carbocycles. The van der Waals surface area contributed by atoms with Gasteiger partial charge < -0.3 is 10.4 Å². The summed E-state index contributed by atoms with van der Waals surface area (Å²) in [4.78, 5) is 23.5. The molecule has 0 aliphatic rings. The van der Waals surface area contributed by atoms with E-state index in [4.69, 9.17) is 5.11 Å². The maximum Gasteiger partial charge on any atom is 0.303 e. The zero-order chi connectivity index (χ0) is 13.5. The molecule has 0 saturated heterocycles. The summed E-state index contributed by atoms with van der Waals surface area (Å²) in [5.41, 5.74) is 0. The fourth-order valence-corrected chi connectivity index (χ4v) is 2.33. The van der Waals surface area contributed by atoms with Gasteiger partial charge in [0.05, 0.1) is 10.9 Å². The van der Waals surface area contributed by atoms with Crippen LogP contribution in [-0.4, -0.2) is 28.9 Å². The first-order chi connectivity index (χ1) is 8.54. The molecule has 0 fully saturated rings. The Bertz CT molecular complexity index is 389. The van der Waals surface area contributed by atoms with Crippen LogP contribution in [0.3, 0.4) is 0 Å². The van der Waals surface area contributed by atoms with Crippen molar-refractivity contribution in [2.75, 3.05) is 0 Å². The first kappa shape index (κ1) is 14.9. The Morgan fingerprint density at radius 1 is 1.50 bits per heavy atom. The molecular formula is C13H19NO3S. The summed E-state index contributed by atoms with van der Waals surface area (Å²) >= 11 is 1.39.